The number of halogens is 1. The molecular weight excluding hydrogens is 323 g/mol. The molecule has 1 N–H and O–H groups in total. The molecule has 6 heteroatoms. The smallest absolute Gasteiger partial charge is 0.337 e. The second-order valence-corrected chi connectivity index (χ2v) is 5.85. The van der Waals surface area contributed by atoms with E-state index in [1.807, 2.05) is 0 Å². The molecule has 5 nitrogen and oxygen atoms in total. The van der Waals surface area contributed by atoms with Gasteiger partial charge in [-0.15, -0.1) is 0 Å². The minimum atomic E-state index is -0.591. The molecule has 1 amide bonds. The number of carbonyl (C=O) groups excluding carboxylic acids is 2. The highest BCUT2D eigenvalue weighted by Gasteiger charge is 2.20. The van der Waals surface area contributed by atoms with Crippen molar-refractivity contribution in [3.63, 3.8) is 0 Å². The molecular formula is C19H19FN2O3. The lowest BCUT2D eigenvalue weighted by molar-refractivity contribution is 0.0600. The van der Waals surface area contributed by atoms with Gasteiger partial charge in [0.05, 0.1) is 29.6 Å². The number of ether oxygens (including phenoxy) is 1. The number of nitrogens with one attached hydrogen (secondary N) is 1. The molecule has 0 spiro atoms. The fourth-order valence-corrected chi connectivity index (χ4v) is 2.95. The van der Waals surface area contributed by atoms with E-state index < -0.39 is 17.7 Å². The van der Waals surface area contributed by atoms with Crippen LogP contribution >= 0.6 is 0 Å². The maximum absolute atomic E-state index is 13.9. The number of hydrogen-bond donors (Lipinski definition) is 1. The van der Waals surface area contributed by atoms with Crippen molar-refractivity contribution in [1.82, 2.24) is 0 Å². The van der Waals surface area contributed by atoms with Crippen molar-refractivity contribution in [1.29, 1.82) is 0 Å². The summed E-state index contributed by atoms with van der Waals surface area (Å²) in [5.74, 6) is -1.64. The molecule has 2 aromatic rings. The van der Waals surface area contributed by atoms with Crippen LogP contribution in [0.15, 0.2) is 42.5 Å². The Morgan fingerprint density at radius 2 is 1.84 bits per heavy atom. The van der Waals surface area contributed by atoms with E-state index in [2.05, 4.69) is 10.2 Å². The molecule has 130 valence electrons. The van der Waals surface area contributed by atoms with Gasteiger partial charge >= 0.3 is 5.97 Å². The first-order valence-electron chi connectivity index (χ1n) is 8.13. The van der Waals surface area contributed by atoms with Gasteiger partial charge in [0.1, 0.15) is 5.82 Å². The molecule has 0 aliphatic carbocycles. The first-order chi connectivity index (χ1) is 12.1. The Balaban J connectivity index is 1.95. The summed E-state index contributed by atoms with van der Waals surface area (Å²) in [5.41, 5.74) is 1.57. The van der Waals surface area contributed by atoms with Gasteiger partial charge in [0, 0.05) is 13.1 Å². The summed E-state index contributed by atoms with van der Waals surface area (Å²) in [6, 6.07) is 10.8. The van der Waals surface area contributed by atoms with E-state index in [0.717, 1.165) is 31.6 Å². The molecule has 0 bridgehead atoms. The predicted octanol–water partition coefficient (Wildman–Crippen LogP) is 3.46. The van der Waals surface area contributed by atoms with Crippen LogP contribution in [0.25, 0.3) is 0 Å². The molecule has 0 saturated carbocycles. The van der Waals surface area contributed by atoms with Gasteiger partial charge in [-0.1, -0.05) is 12.1 Å². The average Bonchev–Trinajstić information content (AvgIpc) is 3.15. The molecule has 1 fully saturated rings. The summed E-state index contributed by atoms with van der Waals surface area (Å²) < 4.78 is 18.6. The second kappa shape index (κ2) is 7.34. The fraction of sp³-hybridized carbons (Fsp3) is 0.263. The van der Waals surface area contributed by atoms with Gasteiger partial charge in [0.2, 0.25) is 0 Å². The van der Waals surface area contributed by atoms with Crippen LogP contribution in [0, 0.1) is 5.82 Å². The molecule has 1 aliphatic rings. The summed E-state index contributed by atoms with van der Waals surface area (Å²) in [6.07, 6.45) is 2.14. The minimum Gasteiger partial charge on any atom is -0.465 e. The zero-order chi connectivity index (χ0) is 17.8. The van der Waals surface area contributed by atoms with E-state index in [4.69, 9.17) is 4.74 Å². The Hall–Kier alpha value is -2.89. The number of anilines is 2. The molecule has 2 aromatic carbocycles. The fourth-order valence-electron chi connectivity index (χ4n) is 2.95. The van der Waals surface area contributed by atoms with E-state index >= 15 is 0 Å². The third kappa shape index (κ3) is 3.63. The quantitative estimate of drug-likeness (QED) is 0.865. The van der Waals surface area contributed by atoms with Crippen LogP contribution in [0.5, 0.6) is 0 Å². The number of rotatable bonds is 4. The lowest BCUT2D eigenvalue weighted by atomic mass is 10.1. The maximum atomic E-state index is 13.9. The molecule has 0 atom stereocenters. The SMILES string of the molecule is COC(=O)c1ccc(N2CCCC2)c(NC(=O)c2ccccc2F)c1. The van der Waals surface area contributed by atoms with Crippen molar-refractivity contribution >= 4 is 23.3 Å². The van der Waals surface area contributed by atoms with E-state index in [1.165, 1.54) is 25.3 Å². The van der Waals surface area contributed by atoms with Crippen LogP contribution in [0.3, 0.4) is 0 Å². The van der Waals surface area contributed by atoms with Crippen LogP contribution in [-0.2, 0) is 4.74 Å². The highest BCUT2D eigenvalue weighted by Crippen LogP contribution is 2.31. The maximum Gasteiger partial charge on any atom is 0.337 e. The molecule has 25 heavy (non-hydrogen) atoms. The third-order valence-corrected chi connectivity index (χ3v) is 4.23. The minimum absolute atomic E-state index is 0.0432. The zero-order valence-corrected chi connectivity index (χ0v) is 13.9. The van der Waals surface area contributed by atoms with Gasteiger partial charge in [0.25, 0.3) is 5.91 Å². The first-order valence-corrected chi connectivity index (χ1v) is 8.13. The van der Waals surface area contributed by atoms with Gasteiger partial charge < -0.3 is 15.0 Å². The van der Waals surface area contributed by atoms with Crippen molar-refractivity contribution in [3.05, 3.63) is 59.4 Å². The highest BCUT2D eigenvalue weighted by atomic mass is 19.1. The largest absolute Gasteiger partial charge is 0.465 e. The van der Waals surface area contributed by atoms with Gasteiger partial charge in [0.15, 0.2) is 0 Å². The molecule has 1 saturated heterocycles. The van der Waals surface area contributed by atoms with Crippen LogP contribution in [0.1, 0.15) is 33.6 Å². The van der Waals surface area contributed by atoms with Crippen LogP contribution in [-0.4, -0.2) is 32.1 Å². The van der Waals surface area contributed by atoms with Gasteiger partial charge in [-0.3, -0.25) is 4.79 Å². The number of benzene rings is 2. The Bertz CT molecular complexity index is 801. The second-order valence-electron chi connectivity index (χ2n) is 5.85. The number of nitrogens with zero attached hydrogens (tertiary/aromatic N) is 1. The summed E-state index contributed by atoms with van der Waals surface area (Å²) in [7, 11) is 1.30. The van der Waals surface area contributed by atoms with Gasteiger partial charge in [-0.2, -0.15) is 0 Å². The van der Waals surface area contributed by atoms with E-state index in [9.17, 15) is 14.0 Å². The van der Waals surface area contributed by atoms with E-state index in [-0.39, 0.29) is 5.56 Å². The van der Waals surface area contributed by atoms with Crippen LogP contribution in [0.2, 0.25) is 0 Å². The van der Waals surface area contributed by atoms with Crippen molar-refractivity contribution < 1.29 is 18.7 Å². The van der Waals surface area contributed by atoms with Crippen molar-refractivity contribution in [2.45, 2.75) is 12.8 Å². The number of esters is 1. The zero-order valence-electron chi connectivity index (χ0n) is 13.9. The van der Waals surface area contributed by atoms with Crippen LogP contribution in [0.4, 0.5) is 15.8 Å². The Morgan fingerprint density at radius 3 is 2.52 bits per heavy atom. The monoisotopic (exact) mass is 342 g/mol. The topological polar surface area (TPSA) is 58.6 Å². The summed E-state index contributed by atoms with van der Waals surface area (Å²) in [6.45, 7) is 1.75. The average molecular weight is 342 g/mol. The number of carbonyl (C=O) groups is 2. The Labute approximate surface area is 145 Å². The molecule has 0 radical (unpaired) electrons. The first kappa shape index (κ1) is 17.0. The Kier molecular flexibility index (Phi) is 4.97. The lowest BCUT2D eigenvalue weighted by Gasteiger charge is -2.22. The highest BCUT2D eigenvalue weighted by molar-refractivity contribution is 6.07. The lowest BCUT2D eigenvalue weighted by Crippen LogP contribution is -2.22. The van der Waals surface area contributed by atoms with Gasteiger partial charge in [-0.05, 0) is 43.2 Å². The summed E-state index contributed by atoms with van der Waals surface area (Å²) >= 11 is 0. The molecule has 0 unspecified atom stereocenters. The van der Waals surface area contributed by atoms with Gasteiger partial charge in [-0.25, -0.2) is 9.18 Å². The third-order valence-electron chi connectivity index (χ3n) is 4.23. The van der Waals surface area contributed by atoms with Crippen LogP contribution < -0.4 is 10.2 Å². The summed E-state index contributed by atoms with van der Waals surface area (Å²) in [4.78, 5) is 26.4. The van der Waals surface area contributed by atoms with Crippen molar-refractivity contribution in [2.24, 2.45) is 0 Å². The standard InChI is InChI=1S/C19H19FN2O3/c1-25-19(24)13-8-9-17(22-10-4-5-11-22)16(12-13)21-18(23)14-6-2-3-7-15(14)20/h2-3,6-9,12H,4-5,10-11H2,1H3,(H,21,23). The normalized spacial score (nSPS) is 13.6. The summed E-state index contributed by atoms with van der Waals surface area (Å²) in [5, 5.41) is 2.74. The Morgan fingerprint density at radius 1 is 1.12 bits per heavy atom. The van der Waals surface area contributed by atoms with E-state index in [1.54, 1.807) is 24.3 Å². The molecule has 1 heterocycles. The van der Waals surface area contributed by atoms with E-state index in [0.29, 0.717) is 11.3 Å². The molecule has 1 aliphatic heterocycles. The molecule has 0 aromatic heterocycles. The predicted molar refractivity (Wildman–Crippen MR) is 93.6 cm³/mol. The number of hydrogen-bond acceptors (Lipinski definition) is 4. The molecule has 3 rings (SSSR count). The van der Waals surface area contributed by atoms with Crippen molar-refractivity contribution in [3.8, 4) is 0 Å². The number of amides is 1. The van der Waals surface area contributed by atoms with Crippen molar-refractivity contribution in [2.75, 3.05) is 30.4 Å². The number of methoxy groups -OCH3 is 1.